The van der Waals surface area contributed by atoms with Crippen LogP contribution in [0.5, 0.6) is 5.75 Å². The number of phenols is 1. The highest BCUT2D eigenvalue weighted by Gasteiger charge is 2.20. The molecule has 0 radical (unpaired) electrons. The first-order valence-electron chi connectivity index (χ1n) is 5.47. The van der Waals surface area contributed by atoms with Crippen molar-refractivity contribution < 1.29 is 15.1 Å². The number of amidine groups is 1. The van der Waals surface area contributed by atoms with Crippen LogP contribution in [0.25, 0.3) is 0 Å². The van der Waals surface area contributed by atoms with Crippen LogP contribution in [0.15, 0.2) is 29.4 Å². The Bertz CT molecular complexity index is 460. The van der Waals surface area contributed by atoms with Crippen molar-refractivity contribution in [2.45, 2.75) is 19.4 Å². The fourth-order valence-corrected chi connectivity index (χ4v) is 1.45. The highest BCUT2D eigenvalue weighted by molar-refractivity contribution is 5.90. The summed E-state index contributed by atoms with van der Waals surface area (Å²) in [7, 11) is 1.56. The van der Waals surface area contributed by atoms with Gasteiger partial charge in [0.1, 0.15) is 5.75 Å². The van der Waals surface area contributed by atoms with E-state index in [-0.39, 0.29) is 23.9 Å². The van der Waals surface area contributed by atoms with Gasteiger partial charge in [0.05, 0.1) is 12.5 Å². The highest BCUT2D eigenvalue weighted by Crippen LogP contribution is 2.17. The van der Waals surface area contributed by atoms with Crippen LogP contribution in [-0.2, 0) is 11.2 Å². The maximum absolute atomic E-state index is 11.9. The Kier molecular flexibility index (Phi) is 4.53. The minimum Gasteiger partial charge on any atom is -0.508 e. The van der Waals surface area contributed by atoms with E-state index < -0.39 is 6.04 Å². The first-order valence-corrected chi connectivity index (χ1v) is 5.47. The number of benzene rings is 1. The quantitative estimate of drug-likeness (QED) is 0.314. The lowest BCUT2D eigenvalue weighted by Crippen LogP contribution is -2.44. The second kappa shape index (κ2) is 5.90. The molecular weight excluding hydrogens is 234 g/mol. The summed E-state index contributed by atoms with van der Waals surface area (Å²) in [5.74, 6) is -0.186. The predicted octanol–water partition coefficient (Wildman–Crippen LogP) is 0.528. The Hall–Kier alpha value is -2.24. The zero-order chi connectivity index (χ0) is 13.7. The van der Waals surface area contributed by atoms with Gasteiger partial charge in [0.2, 0.25) is 5.91 Å². The van der Waals surface area contributed by atoms with Crippen molar-refractivity contribution in [3.05, 3.63) is 29.8 Å². The molecule has 6 heteroatoms. The van der Waals surface area contributed by atoms with Crippen molar-refractivity contribution in [1.82, 2.24) is 4.90 Å². The molecule has 0 aliphatic heterocycles. The van der Waals surface area contributed by atoms with Gasteiger partial charge in [0.25, 0.3) is 0 Å². The molecule has 0 spiro atoms. The Labute approximate surface area is 105 Å². The van der Waals surface area contributed by atoms with E-state index in [2.05, 4.69) is 5.16 Å². The van der Waals surface area contributed by atoms with Gasteiger partial charge in [-0.05, 0) is 13.0 Å². The van der Waals surface area contributed by atoms with Gasteiger partial charge in [-0.2, -0.15) is 0 Å². The third-order valence-electron chi connectivity index (χ3n) is 2.85. The summed E-state index contributed by atoms with van der Waals surface area (Å²) in [4.78, 5) is 13.3. The standard InChI is InChI=1S/C12H17N3O3/c1-8(12(13)14-18)15(2)11(17)7-9-5-3-4-6-10(9)16/h3-6,8,16,18H,7H2,1-2H3,(H2,13,14). The maximum Gasteiger partial charge on any atom is 0.227 e. The molecule has 1 rings (SSSR count). The molecule has 0 aliphatic rings. The lowest BCUT2D eigenvalue weighted by molar-refractivity contribution is -0.129. The molecule has 1 atom stereocenters. The number of para-hydroxylation sites is 1. The van der Waals surface area contributed by atoms with E-state index in [0.717, 1.165) is 0 Å². The van der Waals surface area contributed by atoms with E-state index in [4.69, 9.17) is 10.9 Å². The number of carbonyl (C=O) groups excluding carboxylic acids is 1. The molecule has 1 amide bonds. The first-order chi connectivity index (χ1) is 8.47. The topological polar surface area (TPSA) is 99.2 Å². The van der Waals surface area contributed by atoms with E-state index >= 15 is 0 Å². The molecule has 0 aromatic heterocycles. The largest absolute Gasteiger partial charge is 0.508 e. The molecule has 0 saturated carbocycles. The molecule has 1 unspecified atom stereocenters. The van der Waals surface area contributed by atoms with Gasteiger partial charge >= 0.3 is 0 Å². The predicted molar refractivity (Wildman–Crippen MR) is 67.5 cm³/mol. The average molecular weight is 251 g/mol. The van der Waals surface area contributed by atoms with Crippen LogP contribution in [0.1, 0.15) is 12.5 Å². The van der Waals surface area contributed by atoms with Gasteiger partial charge in [-0.1, -0.05) is 23.4 Å². The highest BCUT2D eigenvalue weighted by atomic mass is 16.4. The molecular formula is C12H17N3O3. The van der Waals surface area contributed by atoms with Crippen LogP contribution in [0.4, 0.5) is 0 Å². The summed E-state index contributed by atoms with van der Waals surface area (Å²) in [6.07, 6.45) is 0.0617. The van der Waals surface area contributed by atoms with Crippen molar-refractivity contribution in [2.24, 2.45) is 10.9 Å². The van der Waals surface area contributed by atoms with Crippen molar-refractivity contribution in [1.29, 1.82) is 0 Å². The molecule has 1 aromatic rings. The molecule has 0 aliphatic carbocycles. The number of aromatic hydroxyl groups is 1. The van der Waals surface area contributed by atoms with Crippen molar-refractivity contribution in [3.8, 4) is 5.75 Å². The second-order valence-electron chi connectivity index (χ2n) is 4.01. The minimum atomic E-state index is -0.506. The van der Waals surface area contributed by atoms with E-state index in [1.165, 1.54) is 11.0 Å². The summed E-state index contributed by atoms with van der Waals surface area (Å²) in [6.45, 7) is 1.65. The number of phenolic OH excluding ortho intramolecular Hbond substituents is 1. The smallest absolute Gasteiger partial charge is 0.227 e. The summed E-state index contributed by atoms with van der Waals surface area (Å²) < 4.78 is 0. The number of nitrogens with two attached hydrogens (primary N) is 1. The van der Waals surface area contributed by atoms with Gasteiger partial charge in [0, 0.05) is 12.6 Å². The van der Waals surface area contributed by atoms with Gasteiger partial charge in [-0.15, -0.1) is 0 Å². The van der Waals surface area contributed by atoms with Crippen LogP contribution in [0.2, 0.25) is 0 Å². The molecule has 0 fully saturated rings. The van der Waals surface area contributed by atoms with E-state index in [1.54, 1.807) is 32.2 Å². The van der Waals surface area contributed by atoms with Gasteiger partial charge in [-0.3, -0.25) is 4.79 Å². The zero-order valence-electron chi connectivity index (χ0n) is 10.4. The van der Waals surface area contributed by atoms with Crippen molar-refractivity contribution in [2.75, 3.05) is 7.05 Å². The van der Waals surface area contributed by atoms with Crippen LogP contribution < -0.4 is 5.73 Å². The van der Waals surface area contributed by atoms with Crippen LogP contribution in [0, 0.1) is 0 Å². The number of amides is 1. The molecule has 1 aromatic carbocycles. The Morgan fingerprint density at radius 1 is 1.50 bits per heavy atom. The average Bonchev–Trinajstić information content (AvgIpc) is 2.38. The SMILES string of the molecule is CC(/C(N)=N/O)N(C)C(=O)Cc1ccccc1O. The third-order valence-corrected chi connectivity index (χ3v) is 2.85. The molecule has 0 heterocycles. The molecule has 0 saturated heterocycles. The Balaban J connectivity index is 2.75. The number of oxime groups is 1. The fourth-order valence-electron chi connectivity index (χ4n) is 1.45. The molecule has 98 valence electrons. The number of hydrogen-bond donors (Lipinski definition) is 3. The van der Waals surface area contributed by atoms with Gasteiger partial charge in [0.15, 0.2) is 5.84 Å². The zero-order valence-corrected chi connectivity index (χ0v) is 10.4. The van der Waals surface area contributed by atoms with E-state index in [0.29, 0.717) is 5.56 Å². The van der Waals surface area contributed by atoms with Crippen LogP contribution >= 0.6 is 0 Å². The maximum atomic E-state index is 11.9. The summed E-state index contributed by atoms with van der Waals surface area (Å²) in [6, 6.07) is 6.12. The number of hydrogen-bond acceptors (Lipinski definition) is 4. The molecule has 4 N–H and O–H groups in total. The van der Waals surface area contributed by atoms with Crippen LogP contribution in [0.3, 0.4) is 0 Å². The number of likely N-dealkylation sites (N-methyl/N-ethyl adjacent to an activating group) is 1. The first kappa shape index (κ1) is 13.8. The third kappa shape index (κ3) is 3.13. The number of carbonyl (C=O) groups is 1. The summed E-state index contributed by atoms with van der Waals surface area (Å²) >= 11 is 0. The lowest BCUT2D eigenvalue weighted by Gasteiger charge is -2.23. The minimum absolute atomic E-state index is 0.0388. The van der Waals surface area contributed by atoms with Crippen LogP contribution in [-0.4, -0.2) is 40.0 Å². The normalized spacial score (nSPS) is 13.1. The van der Waals surface area contributed by atoms with Crippen molar-refractivity contribution in [3.63, 3.8) is 0 Å². The van der Waals surface area contributed by atoms with E-state index in [9.17, 15) is 9.90 Å². The summed E-state index contributed by atoms with van der Waals surface area (Å²) in [5, 5.41) is 21.0. The summed E-state index contributed by atoms with van der Waals surface area (Å²) in [5.41, 5.74) is 5.98. The van der Waals surface area contributed by atoms with Gasteiger partial charge in [-0.25, -0.2) is 0 Å². The monoisotopic (exact) mass is 251 g/mol. The number of nitrogens with zero attached hydrogens (tertiary/aromatic N) is 2. The molecule has 6 nitrogen and oxygen atoms in total. The lowest BCUT2D eigenvalue weighted by atomic mass is 10.1. The second-order valence-corrected chi connectivity index (χ2v) is 4.01. The fraction of sp³-hybridized carbons (Fsp3) is 0.333. The molecule has 0 bridgehead atoms. The van der Waals surface area contributed by atoms with Crippen molar-refractivity contribution >= 4 is 11.7 Å². The van der Waals surface area contributed by atoms with E-state index in [1.807, 2.05) is 0 Å². The Morgan fingerprint density at radius 2 is 2.11 bits per heavy atom. The Morgan fingerprint density at radius 3 is 2.67 bits per heavy atom. The van der Waals surface area contributed by atoms with Gasteiger partial charge < -0.3 is 20.9 Å². The molecule has 18 heavy (non-hydrogen) atoms. The number of rotatable bonds is 4.